The molecule has 9 heteroatoms. The number of benzene rings is 2. The zero-order valence-corrected chi connectivity index (χ0v) is 17.4. The van der Waals surface area contributed by atoms with Gasteiger partial charge in [-0.15, -0.1) is 0 Å². The third kappa shape index (κ3) is 5.00. The van der Waals surface area contributed by atoms with Gasteiger partial charge in [-0.2, -0.15) is 4.98 Å². The van der Waals surface area contributed by atoms with Crippen molar-refractivity contribution < 1.29 is 12.8 Å². The smallest absolute Gasteiger partial charge is 0.262 e. The van der Waals surface area contributed by atoms with Gasteiger partial charge in [0.2, 0.25) is 5.95 Å². The molecule has 1 heterocycles. The van der Waals surface area contributed by atoms with E-state index in [2.05, 4.69) is 20.0 Å². The molecule has 3 aromatic rings. The lowest BCUT2D eigenvalue weighted by Gasteiger charge is -2.14. The van der Waals surface area contributed by atoms with Gasteiger partial charge in [0.15, 0.2) is 0 Å². The number of sulfonamides is 1. The lowest BCUT2D eigenvalue weighted by atomic mass is 10.2. The summed E-state index contributed by atoms with van der Waals surface area (Å²) in [6, 6.07) is 12.2. The summed E-state index contributed by atoms with van der Waals surface area (Å²) in [6.07, 6.45) is 0. The van der Waals surface area contributed by atoms with E-state index in [0.29, 0.717) is 22.9 Å². The maximum atomic E-state index is 13.5. The highest BCUT2D eigenvalue weighted by Crippen LogP contribution is 2.23. The molecule has 29 heavy (non-hydrogen) atoms. The first-order valence-electron chi connectivity index (χ1n) is 8.83. The number of nitrogens with zero attached hydrogens (tertiary/aromatic N) is 3. The van der Waals surface area contributed by atoms with Crippen LogP contribution in [0.3, 0.4) is 0 Å². The summed E-state index contributed by atoms with van der Waals surface area (Å²) in [6.45, 7) is 3.50. The summed E-state index contributed by atoms with van der Waals surface area (Å²) in [5.41, 5.74) is 2.34. The van der Waals surface area contributed by atoms with Crippen LogP contribution in [0.25, 0.3) is 0 Å². The normalized spacial score (nSPS) is 11.2. The van der Waals surface area contributed by atoms with Crippen molar-refractivity contribution in [1.29, 1.82) is 0 Å². The minimum atomic E-state index is -3.90. The van der Waals surface area contributed by atoms with Crippen molar-refractivity contribution in [3.63, 3.8) is 0 Å². The lowest BCUT2D eigenvalue weighted by Crippen LogP contribution is -2.14. The van der Waals surface area contributed by atoms with Gasteiger partial charge in [0, 0.05) is 37.2 Å². The molecule has 0 unspecified atom stereocenters. The van der Waals surface area contributed by atoms with Crippen LogP contribution in [0, 0.1) is 19.7 Å². The van der Waals surface area contributed by atoms with Gasteiger partial charge < -0.3 is 10.2 Å². The molecule has 0 aliphatic rings. The van der Waals surface area contributed by atoms with E-state index >= 15 is 0 Å². The van der Waals surface area contributed by atoms with E-state index in [1.165, 1.54) is 12.1 Å². The van der Waals surface area contributed by atoms with Crippen molar-refractivity contribution in [3.05, 3.63) is 65.6 Å². The van der Waals surface area contributed by atoms with Crippen molar-refractivity contribution in [1.82, 2.24) is 9.97 Å². The number of rotatable bonds is 6. The molecule has 0 fully saturated rings. The Labute approximate surface area is 169 Å². The Morgan fingerprint density at radius 1 is 0.931 bits per heavy atom. The zero-order chi connectivity index (χ0) is 21.2. The van der Waals surface area contributed by atoms with E-state index in [-0.39, 0.29) is 4.90 Å². The fourth-order valence-electron chi connectivity index (χ4n) is 2.66. The van der Waals surface area contributed by atoms with E-state index in [4.69, 9.17) is 0 Å². The second-order valence-electron chi connectivity index (χ2n) is 6.80. The molecule has 0 saturated heterocycles. The Kier molecular flexibility index (Phi) is 5.69. The fourth-order valence-corrected chi connectivity index (χ4v) is 3.98. The van der Waals surface area contributed by atoms with Crippen LogP contribution in [0.4, 0.5) is 27.5 Å². The molecule has 2 aromatic carbocycles. The third-order valence-corrected chi connectivity index (χ3v) is 5.66. The van der Waals surface area contributed by atoms with E-state index in [9.17, 15) is 12.8 Å². The summed E-state index contributed by atoms with van der Waals surface area (Å²) in [5.74, 6) is 0.609. The van der Waals surface area contributed by atoms with E-state index in [1.807, 2.05) is 32.0 Å². The van der Waals surface area contributed by atoms with Gasteiger partial charge in [-0.1, -0.05) is 6.07 Å². The average molecular weight is 415 g/mol. The maximum absolute atomic E-state index is 13.5. The summed E-state index contributed by atoms with van der Waals surface area (Å²) in [4.78, 5) is 10.6. The van der Waals surface area contributed by atoms with Crippen molar-refractivity contribution in [3.8, 4) is 0 Å². The Morgan fingerprint density at radius 3 is 2.24 bits per heavy atom. The molecule has 1 aromatic heterocycles. The Balaban J connectivity index is 1.78. The number of hydrogen-bond acceptors (Lipinski definition) is 6. The van der Waals surface area contributed by atoms with Gasteiger partial charge in [-0.3, -0.25) is 4.72 Å². The largest absolute Gasteiger partial charge is 0.363 e. The van der Waals surface area contributed by atoms with Crippen molar-refractivity contribution in [2.24, 2.45) is 0 Å². The molecule has 0 saturated carbocycles. The van der Waals surface area contributed by atoms with Gasteiger partial charge in [0.25, 0.3) is 10.0 Å². The summed E-state index contributed by atoms with van der Waals surface area (Å²) in [7, 11) is -0.108. The fraction of sp³-hybridized carbons (Fsp3) is 0.200. The molecular formula is C20H22FN5O2S. The van der Waals surface area contributed by atoms with Crippen molar-refractivity contribution >= 4 is 33.2 Å². The topological polar surface area (TPSA) is 87.2 Å². The van der Waals surface area contributed by atoms with Gasteiger partial charge in [0.05, 0.1) is 4.90 Å². The molecule has 0 radical (unpaired) electrons. The van der Waals surface area contributed by atoms with E-state index in [0.717, 1.165) is 17.6 Å². The number of halogens is 1. The average Bonchev–Trinajstić information content (AvgIpc) is 2.64. The number of hydrogen-bond donors (Lipinski definition) is 2. The summed E-state index contributed by atoms with van der Waals surface area (Å²) in [5, 5.41) is 3.10. The highest BCUT2D eigenvalue weighted by atomic mass is 32.2. The highest BCUT2D eigenvalue weighted by molar-refractivity contribution is 7.92. The zero-order valence-electron chi connectivity index (χ0n) is 16.6. The quantitative estimate of drug-likeness (QED) is 0.636. The van der Waals surface area contributed by atoms with Crippen LogP contribution in [0.5, 0.6) is 0 Å². The van der Waals surface area contributed by atoms with Crippen LogP contribution in [0.15, 0.2) is 53.4 Å². The molecule has 2 N–H and O–H groups in total. The molecule has 0 aliphatic heterocycles. The molecule has 0 amide bonds. The third-order valence-electron chi connectivity index (χ3n) is 4.13. The van der Waals surface area contributed by atoms with Crippen molar-refractivity contribution in [2.75, 3.05) is 29.0 Å². The second kappa shape index (κ2) is 8.04. The monoisotopic (exact) mass is 415 g/mol. The highest BCUT2D eigenvalue weighted by Gasteiger charge is 2.18. The van der Waals surface area contributed by atoms with Gasteiger partial charge in [-0.05, 0) is 55.8 Å². The predicted octanol–water partition coefficient (Wildman–Crippen LogP) is 3.84. The molecule has 0 spiro atoms. The molecule has 0 aliphatic carbocycles. The maximum Gasteiger partial charge on any atom is 0.262 e. The Bertz CT molecular complexity index is 1130. The van der Waals surface area contributed by atoms with E-state index in [1.54, 1.807) is 31.2 Å². The van der Waals surface area contributed by atoms with Gasteiger partial charge in [-0.25, -0.2) is 17.8 Å². The van der Waals surface area contributed by atoms with Crippen LogP contribution in [-0.4, -0.2) is 32.5 Å². The number of nitrogens with one attached hydrogen (secondary N) is 2. The van der Waals surface area contributed by atoms with Crippen LogP contribution in [-0.2, 0) is 10.0 Å². The van der Waals surface area contributed by atoms with Crippen LogP contribution < -0.4 is 14.9 Å². The number of aromatic nitrogens is 2. The summed E-state index contributed by atoms with van der Waals surface area (Å²) >= 11 is 0. The van der Waals surface area contributed by atoms with Crippen LogP contribution in [0.1, 0.15) is 11.3 Å². The Morgan fingerprint density at radius 2 is 1.59 bits per heavy atom. The standard InChI is InChI=1S/C20H22FN5O2S/c1-13-5-6-15(21)12-18(13)29(27,28)25-17-9-7-16(8-10-17)23-20-22-14(2)11-19(24-20)26(3)4/h5-12,25H,1-4H3,(H,22,23,24). The first-order chi connectivity index (χ1) is 13.6. The van der Waals surface area contributed by atoms with Gasteiger partial charge >= 0.3 is 0 Å². The number of aryl methyl sites for hydroxylation is 2. The van der Waals surface area contributed by atoms with Crippen LogP contribution in [0.2, 0.25) is 0 Å². The minimum Gasteiger partial charge on any atom is -0.363 e. The van der Waals surface area contributed by atoms with Crippen LogP contribution >= 0.6 is 0 Å². The Hall–Kier alpha value is -3.20. The lowest BCUT2D eigenvalue weighted by molar-refractivity contribution is 0.594. The van der Waals surface area contributed by atoms with Gasteiger partial charge in [0.1, 0.15) is 11.6 Å². The summed E-state index contributed by atoms with van der Waals surface area (Å²) < 4.78 is 41.1. The van der Waals surface area contributed by atoms with Crippen molar-refractivity contribution in [2.45, 2.75) is 18.7 Å². The predicted molar refractivity (Wildman–Crippen MR) is 113 cm³/mol. The molecule has 7 nitrogen and oxygen atoms in total. The SMILES string of the molecule is Cc1cc(N(C)C)nc(Nc2ccc(NS(=O)(=O)c3cc(F)ccc3C)cc2)n1. The molecule has 152 valence electrons. The molecule has 3 rings (SSSR count). The number of anilines is 4. The first-order valence-corrected chi connectivity index (χ1v) is 10.3. The van der Waals surface area contributed by atoms with E-state index < -0.39 is 15.8 Å². The minimum absolute atomic E-state index is 0.0934. The molecule has 0 atom stereocenters. The first kappa shape index (κ1) is 20.5. The molecule has 0 bridgehead atoms. The second-order valence-corrected chi connectivity index (χ2v) is 8.45. The molecular weight excluding hydrogens is 393 g/mol.